The Kier molecular flexibility index (Phi) is 4.25. The van der Waals surface area contributed by atoms with E-state index in [9.17, 15) is 9.18 Å². The fourth-order valence-electron chi connectivity index (χ4n) is 2.12. The Morgan fingerprint density at radius 3 is 2.94 bits per heavy atom. The van der Waals surface area contributed by atoms with E-state index in [1.165, 1.54) is 0 Å². The third-order valence-electron chi connectivity index (χ3n) is 3.14. The number of amides is 1. The van der Waals surface area contributed by atoms with Gasteiger partial charge in [-0.25, -0.2) is 4.39 Å². The monoisotopic (exact) mass is 251 g/mol. The Hall–Kier alpha value is -1.49. The van der Waals surface area contributed by atoms with Crippen molar-refractivity contribution in [2.45, 2.75) is 25.6 Å². The molecule has 0 bridgehead atoms. The molecule has 1 aromatic rings. The molecule has 0 radical (unpaired) electrons. The number of rotatable bonds is 3. The van der Waals surface area contributed by atoms with Gasteiger partial charge in [-0.2, -0.15) is 0 Å². The molecule has 98 valence electrons. The Bertz CT molecular complexity index is 416. The maximum atomic E-state index is 13.0. The molecule has 2 heterocycles. The standard InChI is InChI=1S/C13H18FN3O/c1-15-9-10-2-5-16-12(8-10)13(18)17-6-3-11(14)4-7-17/h2,5,8,11,15H,3-4,6-7,9H2,1H3. The summed E-state index contributed by atoms with van der Waals surface area (Å²) in [6, 6.07) is 3.67. The molecule has 2 rings (SSSR count). The highest BCUT2D eigenvalue weighted by Crippen LogP contribution is 2.15. The van der Waals surface area contributed by atoms with Crippen LogP contribution in [0.5, 0.6) is 0 Å². The number of pyridine rings is 1. The molecule has 0 saturated carbocycles. The minimum absolute atomic E-state index is 0.0974. The van der Waals surface area contributed by atoms with Crippen LogP contribution in [0, 0.1) is 0 Å². The van der Waals surface area contributed by atoms with E-state index >= 15 is 0 Å². The number of likely N-dealkylation sites (tertiary alicyclic amines) is 1. The molecule has 1 aliphatic heterocycles. The first-order chi connectivity index (χ1) is 8.70. The van der Waals surface area contributed by atoms with Gasteiger partial charge in [-0.1, -0.05) is 0 Å². The predicted molar refractivity (Wildman–Crippen MR) is 67.0 cm³/mol. The van der Waals surface area contributed by atoms with Gasteiger partial charge in [-0.05, 0) is 37.6 Å². The van der Waals surface area contributed by atoms with E-state index in [0.717, 1.165) is 5.56 Å². The molecule has 1 aliphatic rings. The third kappa shape index (κ3) is 3.04. The summed E-state index contributed by atoms with van der Waals surface area (Å²) in [6.45, 7) is 1.67. The van der Waals surface area contributed by atoms with Crippen molar-refractivity contribution >= 4 is 5.91 Å². The van der Waals surface area contributed by atoms with Crippen LogP contribution in [0.4, 0.5) is 4.39 Å². The van der Waals surface area contributed by atoms with Crippen LogP contribution in [0.1, 0.15) is 28.9 Å². The smallest absolute Gasteiger partial charge is 0.272 e. The number of piperidine rings is 1. The van der Waals surface area contributed by atoms with E-state index in [1.807, 2.05) is 13.1 Å². The lowest BCUT2D eigenvalue weighted by molar-refractivity contribution is 0.0661. The normalized spacial score (nSPS) is 16.9. The maximum Gasteiger partial charge on any atom is 0.272 e. The van der Waals surface area contributed by atoms with Gasteiger partial charge in [0.2, 0.25) is 0 Å². The first kappa shape index (κ1) is 13.0. The molecule has 1 amide bonds. The number of carbonyl (C=O) groups is 1. The second-order valence-corrected chi connectivity index (χ2v) is 4.55. The lowest BCUT2D eigenvalue weighted by Gasteiger charge is -2.28. The van der Waals surface area contributed by atoms with Crippen molar-refractivity contribution in [3.05, 3.63) is 29.6 Å². The van der Waals surface area contributed by atoms with Gasteiger partial charge < -0.3 is 10.2 Å². The second-order valence-electron chi connectivity index (χ2n) is 4.55. The Balaban J connectivity index is 2.06. The van der Waals surface area contributed by atoms with Crippen molar-refractivity contribution in [3.8, 4) is 0 Å². The van der Waals surface area contributed by atoms with Gasteiger partial charge in [-0.15, -0.1) is 0 Å². The summed E-state index contributed by atoms with van der Waals surface area (Å²) in [6.07, 6.45) is 1.74. The van der Waals surface area contributed by atoms with Crippen molar-refractivity contribution in [1.29, 1.82) is 0 Å². The minimum atomic E-state index is -0.766. The molecule has 1 fully saturated rings. The highest BCUT2D eigenvalue weighted by atomic mass is 19.1. The number of hydrogen-bond donors (Lipinski definition) is 1. The third-order valence-corrected chi connectivity index (χ3v) is 3.14. The first-order valence-corrected chi connectivity index (χ1v) is 6.23. The van der Waals surface area contributed by atoms with Gasteiger partial charge in [0.25, 0.3) is 5.91 Å². The topological polar surface area (TPSA) is 45.2 Å². The number of carbonyl (C=O) groups excluding carboxylic acids is 1. The van der Waals surface area contributed by atoms with Crippen molar-refractivity contribution in [2.24, 2.45) is 0 Å². The van der Waals surface area contributed by atoms with Crippen molar-refractivity contribution in [2.75, 3.05) is 20.1 Å². The molecule has 0 atom stereocenters. The van der Waals surface area contributed by atoms with Gasteiger partial charge in [0.1, 0.15) is 11.9 Å². The SMILES string of the molecule is CNCc1ccnc(C(=O)N2CCC(F)CC2)c1. The molecule has 5 heteroatoms. The van der Waals surface area contributed by atoms with Crippen molar-refractivity contribution < 1.29 is 9.18 Å². The van der Waals surface area contributed by atoms with E-state index in [0.29, 0.717) is 38.2 Å². The fraction of sp³-hybridized carbons (Fsp3) is 0.538. The molecule has 0 spiro atoms. The number of aromatic nitrogens is 1. The van der Waals surface area contributed by atoms with E-state index in [2.05, 4.69) is 10.3 Å². The van der Waals surface area contributed by atoms with Gasteiger partial charge in [-0.3, -0.25) is 9.78 Å². The lowest BCUT2D eigenvalue weighted by atomic mass is 10.1. The highest BCUT2D eigenvalue weighted by molar-refractivity contribution is 5.92. The van der Waals surface area contributed by atoms with Crippen LogP contribution in [0.25, 0.3) is 0 Å². The van der Waals surface area contributed by atoms with Crippen LogP contribution in [-0.2, 0) is 6.54 Å². The van der Waals surface area contributed by atoms with Crippen LogP contribution < -0.4 is 5.32 Å². The van der Waals surface area contributed by atoms with Gasteiger partial charge >= 0.3 is 0 Å². The maximum absolute atomic E-state index is 13.0. The quantitative estimate of drug-likeness (QED) is 0.882. The van der Waals surface area contributed by atoms with Crippen LogP contribution in [0.3, 0.4) is 0 Å². The summed E-state index contributed by atoms with van der Waals surface area (Å²) in [7, 11) is 1.86. The summed E-state index contributed by atoms with van der Waals surface area (Å²) in [5.41, 5.74) is 1.47. The Morgan fingerprint density at radius 1 is 1.56 bits per heavy atom. The lowest BCUT2D eigenvalue weighted by Crippen LogP contribution is -2.39. The molecule has 0 aliphatic carbocycles. The van der Waals surface area contributed by atoms with Gasteiger partial charge in [0, 0.05) is 25.8 Å². The van der Waals surface area contributed by atoms with E-state index < -0.39 is 6.17 Å². The molecule has 1 saturated heterocycles. The zero-order valence-electron chi connectivity index (χ0n) is 10.5. The molecular weight excluding hydrogens is 233 g/mol. The zero-order valence-corrected chi connectivity index (χ0v) is 10.5. The van der Waals surface area contributed by atoms with E-state index in [4.69, 9.17) is 0 Å². The van der Waals surface area contributed by atoms with Crippen molar-refractivity contribution in [3.63, 3.8) is 0 Å². The zero-order chi connectivity index (χ0) is 13.0. The van der Waals surface area contributed by atoms with Crippen LogP contribution in [0.15, 0.2) is 18.3 Å². The Morgan fingerprint density at radius 2 is 2.28 bits per heavy atom. The van der Waals surface area contributed by atoms with E-state index in [-0.39, 0.29) is 5.91 Å². The van der Waals surface area contributed by atoms with Crippen LogP contribution in [-0.4, -0.2) is 42.1 Å². The predicted octanol–water partition coefficient (Wildman–Crippen LogP) is 1.38. The second kappa shape index (κ2) is 5.91. The minimum Gasteiger partial charge on any atom is -0.337 e. The molecule has 1 N–H and O–H groups in total. The largest absolute Gasteiger partial charge is 0.337 e. The van der Waals surface area contributed by atoms with E-state index in [1.54, 1.807) is 17.2 Å². The molecule has 0 unspecified atom stereocenters. The average Bonchev–Trinajstić information content (AvgIpc) is 2.39. The number of alkyl halides is 1. The fourth-order valence-corrected chi connectivity index (χ4v) is 2.12. The number of hydrogen-bond acceptors (Lipinski definition) is 3. The van der Waals surface area contributed by atoms with Crippen LogP contribution >= 0.6 is 0 Å². The van der Waals surface area contributed by atoms with Gasteiger partial charge in [0.15, 0.2) is 0 Å². The summed E-state index contributed by atoms with van der Waals surface area (Å²) in [5.74, 6) is -0.0974. The molecule has 4 nitrogen and oxygen atoms in total. The number of nitrogens with zero attached hydrogens (tertiary/aromatic N) is 2. The summed E-state index contributed by atoms with van der Waals surface area (Å²) >= 11 is 0. The first-order valence-electron chi connectivity index (χ1n) is 6.23. The summed E-state index contributed by atoms with van der Waals surface area (Å²) < 4.78 is 13.0. The number of nitrogens with one attached hydrogen (secondary N) is 1. The summed E-state index contributed by atoms with van der Waals surface area (Å²) in [5, 5.41) is 3.03. The van der Waals surface area contributed by atoms with Gasteiger partial charge in [0.05, 0.1) is 0 Å². The molecule has 1 aromatic heterocycles. The Labute approximate surface area is 106 Å². The highest BCUT2D eigenvalue weighted by Gasteiger charge is 2.23. The molecule has 0 aromatic carbocycles. The molecule has 18 heavy (non-hydrogen) atoms. The number of halogens is 1. The average molecular weight is 251 g/mol. The summed E-state index contributed by atoms with van der Waals surface area (Å²) in [4.78, 5) is 18.0. The van der Waals surface area contributed by atoms with Crippen LogP contribution in [0.2, 0.25) is 0 Å². The molecular formula is C13H18FN3O. The van der Waals surface area contributed by atoms with Crippen molar-refractivity contribution in [1.82, 2.24) is 15.2 Å².